The molecule has 158 valence electrons. The Morgan fingerprint density at radius 3 is 2.48 bits per heavy atom. The van der Waals surface area contributed by atoms with Gasteiger partial charge in [0.1, 0.15) is 11.5 Å². The molecule has 2 aromatic carbocycles. The molecule has 0 saturated heterocycles. The van der Waals surface area contributed by atoms with Crippen molar-refractivity contribution in [1.82, 2.24) is 9.47 Å². The van der Waals surface area contributed by atoms with Gasteiger partial charge in [-0.25, -0.2) is 0 Å². The Hall–Kier alpha value is -3.44. The van der Waals surface area contributed by atoms with Crippen LogP contribution in [0.15, 0.2) is 95.7 Å². The van der Waals surface area contributed by atoms with E-state index in [1.54, 1.807) is 35.4 Å². The largest absolute Gasteiger partial charge is 0.484 e. The monoisotopic (exact) mass is 434 g/mol. The molecule has 0 N–H and O–H groups in total. The van der Waals surface area contributed by atoms with E-state index in [1.807, 2.05) is 48.7 Å². The van der Waals surface area contributed by atoms with Crippen LogP contribution in [0, 0.1) is 0 Å². The van der Waals surface area contributed by atoms with Gasteiger partial charge in [-0.15, -0.1) is 0 Å². The van der Waals surface area contributed by atoms with Crippen molar-refractivity contribution in [3.05, 3.63) is 113 Å². The van der Waals surface area contributed by atoms with Gasteiger partial charge in [-0.1, -0.05) is 41.9 Å². The molecule has 0 fully saturated rings. The number of carbonyl (C=O) groups is 1. The van der Waals surface area contributed by atoms with E-state index < -0.39 is 0 Å². The maximum Gasteiger partial charge on any atom is 0.261 e. The van der Waals surface area contributed by atoms with E-state index >= 15 is 0 Å². The number of benzene rings is 2. The summed E-state index contributed by atoms with van der Waals surface area (Å²) in [5.74, 6) is 1.20. The lowest BCUT2D eigenvalue weighted by atomic mass is 10.2. The molecule has 4 rings (SSSR count). The van der Waals surface area contributed by atoms with Crippen LogP contribution in [0.5, 0.6) is 5.75 Å². The van der Waals surface area contributed by atoms with Crippen LogP contribution in [0.1, 0.15) is 17.0 Å². The summed E-state index contributed by atoms with van der Waals surface area (Å²) >= 11 is 5.91. The van der Waals surface area contributed by atoms with Crippen molar-refractivity contribution in [3.8, 4) is 5.75 Å². The molecule has 0 atom stereocenters. The van der Waals surface area contributed by atoms with E-state index in [9.17, 15) is 4.79 Å². The van der Waals surface area contributed by atoms with Gasteiger partial charge in [0.25, 0.3) is 5.91 Å². The van der Waals surface area contributed by atoms with Crippen LogP contribution in [-0.2, 0) is 24.4 Å². The summed E-state index contributed by atoms with van der Waals surface area (Å²) in [6, 6.07) is 24.9. The van der Waals surface area contributed by atoms with E-state index in [4.69, 9.17) is 20.8 Å². The molecule has 0 aliphatic carbocycles. The average molecular weight is 435 g/mol. The Labute approximate surface area is 186 Å². The lowest BCUT2D eigenvalue weighted by Crippen LogP contribution is -2.34. The van der Waals surface area contributed by atoms with Crippen molar-refractivity contribution >= 4 is 17.5 Å². The molecule has 0 aliphatic rings. The first-order chi connectivity index (χ1) is 15.2. The molecule has 0 aliphatic heterocycles. The lowest BCUT2D eigenvalue weighted by molar-refractivity contribution is -0.135. The minimum atomic E-state index is -0.126. The number of rotatable bonds is 9. The highest BCUT2D eigenvalue weighted by molar-refractivity contribution is 6.30. The Balaban J connectivity index is 1.47. The fourth-order valence-electron chi connectivity index (χ4n) is 3.31. The van der Waals surface area contributed by atoms with Gasteiger partial charge in [0, 0.05) is 23.5 Å². The predicted octanol–water partition coefficient (Wildman–Crippen LogP) is 5.39. The molecule has 0 unspecified atom stereocenters. The average Bonchev–Trinajstić information content (AvgIpc) is 3.46. The molecule has 4 aromatic rings. The summed E-state index contributed by atoms with van der Waals surface area (Å²) in [6.45, 7) is 1.49. The molecular weight excluding hydrogens is 412 g/mol. The highest BCUT2D eigenvalue weighted by Crippen LogP contribution is 2.17. The Bertz CT molecular complexity index is 1090. The zero-order chi connectivity index (χ0) is 21.5. The molecule has 6 heteroatoms. The van der Waals surface area contributed by atoms with Crippen molar-refractivity contribution in [3.63, 3.8) is 0 Å². The summed E-state index contributed by atoms with van der Waals surface area (Å²) in [4.78, 5) is 14.8. The van der Waals surface area contributed by atoms with Crippen molar-refractivity contribution in [2.45, 2.75) is 19.6 Å². The second kappa shape index (κ2) is 10.0. The number of furan rings is 1. The Morgan fingerprint density at radius 1 is 0.935 bits per heavy atom. The van der Waals surface area contributed by atoms with Crippen molar-refractivity contribution in [2.75, 3.05) is 6.61 Å². The molecule has 5 nitrogen and oxygen atoms in total. The summed E-state index contributed by atoms with van der Waals surface area (Å²) in [5.41, 5.74) is 2.24. The van der Waals surface area contributed by atoms with E-state index in [1.165, 1.54) is 5.56 Å². The second-order valence-electron chi connectivity index (χ2n) is 7.18. The summed E-state index contributed by atoms with van der Waals surface area (Å²) < 4.78 is 13.3. The van der Waals surface area contributed by atoms with Gasteiger partial charge in [-0.3, -0.25) is 4.79 Å². The highest BCUT2D eigenvalue weighted by Gasteiger charge is 2.18. The van der Waals surface area contributed by atoms with Crippen LogP contribution in [-0.4, -0.2) is 22.0 Å². The maximum atomic E-state index is 13.0. The molecule has 1 amide bonds. The van der Waals surface area contributed by atoms with Crippen LogP contribution < -0.4 is 4.74 Å². The molecule has 2 aromatic heterocycles. The number of hydrogen-bond acceptors (Lipinski definition) is 3. The summed E-state index contributed by atoms with van der Waals surface area (Å²) in [7, 11) is 0. The fraction of sp³-hybridized carbons (Fsp3) is 0.160. The van der Waals surface area contributed by atoms with Crippen LogP contribution >= 0.6 is 11.6 Å². The van der Waals surface area contributed by atoms with E-state index in [0.717, 1.165) is 18.0 Å². The number of halogens is 1. The standard InChI is InChI=1S/C25H23ClN2O3/c26-21-10-12-23(13-11-21)31-19-25(29)28(18-24-9-5-15-30-24)17-22-8-4-14-27(22)16-20-6-2-1-3-7-20/h1-15H,16-19H2. The van der Waals surface area contributed by atoms with Gasteiger partial charge >= 0.3 is 0 Å². The first-order valence-electron chi connectivity index (χ1n) is 10.0. The molecule has 0 bridgehead atoms. The zero-order valence-corrected chi connectivity index (χ0v) is 17.7. The quantitative estimate of drug-likeness (QED) is 0.355. The normalized spacial score (nSPS) is 10.7. The predicted molar refractivity (Wildman–Crippen MR) is 120 cm³/mol. The van der Waals surface area contributed by atoms with E-state index in [0.29, 0.717) is 23.9 Å². The topological polar surface area (TPSA) is 47.6 Å². The molecule has 0 radical (unpaired) electrons. The summed E-state index contributed by atoms with van der Waals surface area (Å²) in [6.07, 6.45) is 3.64. The SMILES string of the molecule is O=C(COc1ccc(Cl)cc1)N(Cc1ccco1)Cc1cccn1Cc1ccccc1. The Morgan fingerprint density at radius 2 is 1.74 bits per heavy atom. The van der Waals surface area contributed by atoms with Gasteiger partial charge in [-0.05, 0) is 54.1 Å². The number of carbonyl (C=O) groups excluding carboxylic acids is 1. The van der Waals surface area contributed by atoms with Crippen LogP contribution in [0.4, 0.5) is 0 Å². The van der Waals surface area contributed by atoms with Crippen molar-refractivity contribution in [2.24, 2.45) is 0 Å². The first-order valence-corrected chi connectivity index (χ1v) is 10.4. The fourth-order valence-corrected chi connectivity index (χ4v) is 3.44. The maximum absolute atomic E-state index is 13.0. The second-order valence-corrected chi connectivity index (χ2v) is 7.62. The van der Waals surface area contributed by atoms with Crippen molar-refractivity contribution in [1.29, 1.82) is 0 Å². The van der Waals surface area contributed by atoms with Gasteiger partial charge in [0.05, 0.1) is 19.4 Å². The minimum Gasteiger partial charge on any atom is -0.484 e. The van der Waals surface area contributed by atoms with Crippen LogP contribution in [0.25, 0.3) is 0 Å². The van der Waals surface area contributed by atoms with E-state index in [-0.39, 0.29) is 12.5 Å². The van der Waals surface area contributed by atoms with Gasteiger partial charge in [0.2, 0.25) is 0 Å². The van der Waals surface area contributed by atoms with Gasteiger partial charge in [0.15, 0.2) is 6.61 Å². The van der Waals surface area contributed by atoms with Crippen LogP contribution in [0.3, 0.4) is 0 Å². The molecule has 31 heavy (non-hydrogen) atoms. The molecule has 0 saturated carbocycles. The summed E-state index contributed by atoms with van der Waals surface area (Å²) in [5, 5.41) is 0.623. The zero-order valence-electron chi connectivity index (χ0n) is 17.0. The van der Waals surface area contributed by atoms with Gasteiger partial charge in [-0.2, -0.15) is 0 Å². The Kier molecular flexibility index (Phi) is 6.75. The van der Waals surface area contributed by atoms with Crippen LogP contribution in [0.2, 0.25) is 5.02 Å². The van der Waals surface area contributed by atoms with E-state index in [2.05, 4.69) is 16.7 Å². The lowest BCUT2D eigenvalue weighted by Gasteiger charge is -2.23. The highest BCUT2D eigenvalue weighted by atomic mass is 35.5. The number of hydrogen-bond donors (Lipinski definition) is 0. The number of nitrogens with zero attached hydrogens (tertiary/aromatic N) is 2. The smallest absolute Gasteiger partial charge is 0.261 e. The van der Waals surface area contributed by atoms with Gasteiger partial charge < -0.3 is 18.6 Å². The number of aromatic nitrogens is 1. The molecule has 0 spiro atoms. The minimum absolute atomic E-state index is 0.0677. The number of ether oxygens (including phenoxy) is 1. The molecular formula is C25H23ClN2O3. The number of amides is 1. The first kappa shape index (κ1) is 20.8. The van der Waals surface area contributed by atoms with Crippen molar-refractivity contribution < 1.29 is 13.9 Å². The third-order valence-corrected chi connectivity index (χ3v) is 5.18. The third-order valence-electron chi connectivity index (χ3n) is 4.93. The molecule has 2 heterocycles. The third kappa shape index (κ3) is 5.80.